The highest BCUT2D eigenvalue weighted by molar-refractivity contribution is 4.94. The minimum Gasteiger partial charge on any atom is -0.311 e. The molecule has 0 aliphatic carbocycles. The maximum atomic E-state index is 3.58. The van der Waals surface area contributed by atoms with Gasteiger partial charge in [0, 0.05) is 31.2 Å². The summed E-state index contributed by atoms with van der Waals surface area (Å²) >= 11 is 0. The van der Waals surface area contributed by atoms with E-state index in [1.54, 1.807) is 0 Å². The normalized spacial score (nSPS) is 29.4. The molecule has 14 heavy (non-hydrogen) atoms. The Labute approximate surface area is 88.5 Å². The largest absolute Gasteiger partial charge is 0.311 e. The number of likely N-dealkylation sites (tertiary alicyclic amines) is 1. The summed E-state index contributed by atoms with van der Waals surface area (Å²) < 4.78 is 0. The monoisotopic (exact) mass is 199 g/mol. The minimum absolute atomic E-state index is 0.636. The summed E-state index contributed by atoms with van der Waals surface area (Å²) in [7, 11) is 4.36. The maximum absolute atomic E-state index is 3.58. The molecule has 0 aromatic rings. The minimum atomic E-state index is 0.636. The Morgan fingerprint density at radius 2 is 2.00 bits per heavy atom. The molecule has 0 bridgehead atoms. The first-order chi connectivity index (χ1) is 6.56. The fourth-order valence-electron chi connectivity index (χ4n) is 2.22. The number of likely N-dealkylation sites (N-methyl/N-ethyl adjacent to an activating group) is 2. The van der Waals surface area contributed by atoms with Gasteiger partial charge in [0.2, 0.25) is 0 Å². The van der Waals surface area contributed by atoms with Crippen LogP contribution in [0.15, 0.2) is 0 Å². The smallest absolute Gasteiger partial charge is 0.0383 e. The van der Waals surface area contributed by atoms with E-state index in [0.717, 1.165) is 6.54 Å². The van der Waals surface area contributed by atoms with E-state index in [4.69, 9.17) is 0 Å². The summed E-state index contributed by atoms with van der Waals surface area (Å²) in [6.07, 6.45) is 0. The third-order valence-corrected chi connectivity index (χ3v) is 3.18. The van der Waals surface area contributed by atoms with Crippen molar-refractivity contribution in [1.82, 2.24) is 15.1 Å². The number of hydrogen-bond donors (Lipinski definition) is 1. The van der Waals surface area contributed by atoms with Crippen molar-refractivity contribution in [3.8, 4) is 0 Å². The van der Waals surface area contributed by atoms with E-state index < -0.39 is 0 Å². The summed E-state index contributed by atoms with van der Waals surface area (Å²) in [6, 6.07) is 1.97. The third kappa shape index (κ3) is 2.69. The first kappa shape index (κ1) is 12.0. The van der Waals surface area contributed by atoms with Crippen molar-refractivity contribution in [2.24, 2.45) is 0 Å². The molecule has 1 saturated heterocycles. The van der Waals surface area contributed by atoms with Crippen molar-refractivity contribution >= 4 is 0 Å². The number of nitrogens with one attached hydrogen (secondary N) is 1. The van der Waals surface area contributed by atoms with Gasteiger partial charge in [0.1, 0.15) is 0 Å². The summed E-state index contributed by atoms with van der Waals surface area (Å²) in [5.74, 6) is 0. The second-order valence-corrected chi connectivity index (χ2v) is 4.74. The lowest BCUT2D eigenvalue weighted by Crippen LogP contribution is -2.46. The van der Waals surface area contributed by atoms with E-state index in [1.807, 2.05) is 0 Å². The van der Waals surface area contributed by atoms with Gasteiger partial charge in [-0.2, -0.15) is 0 Å². The van der Waals surface area contributed by atoms with E-state index in [1.165, 1.54) is 13.1 Å². The molecule has 1 N–H and O–H groups in total. The molecule has 2 atom stereocenters. The van der Waals surface area contributed by atoms with Gasteiger partial charge in [0.05, 0.1) is 0 Å². The van der Waals surface area contributed by atoms with Gasteiger partial charge in [-0.1, -0.05) is 6.92 Å². The zero-order valence-electron chi connectivity index (χ0n) is 10.2. The highest BCUT2D eigenvalue weighted by Crippen LogP contribution is 2.16. The quantitative estimate of drug-likeness (QED) is 0.716. The van der Waals surface area contributed by atoms with Gasteiger partial charge in [-0.3, -0.25) is 4.90 Å². The number of hydrogen-bond acceptors (Lipinski definition) is 3. The fourth-order valence-corrected chi connectivity index (χ4v) is 2.22. The van der Waals surface area contributed by atoms with E-state index in [2.05, 4.69) is 50.0 Å². The van der Waals surface area contributed by atoms with Gasteiger partial charge in [-0.05, 0) is 34.5 Å². The van der Waals surface area contributed by atoms with Crippen molar-refractivity contribution in [2.75, 3.05) is 33.7 Å². The molecule has 0 spiro atoms. The van der Waals surface area contributed by atoms with Gasteiger partial charge in [-0.15, -0.1) is 0 Å². The van der Waals surface area contributed by atoms with Crippen molar-refractivity contribution in [1.29, 1.82) is 0 Å². The van der Waals surface area contributed by atoms with Crippen LogP contribution in [-0.2, 0) is 0 Å². The van der Waals surface area contributed by atoms with Gasteiger partial charge < -0.3 is 10.2 Å². The van der Waals surface area contributed by atoms with Crippen molar-refractivity contribution < 1.29 is 0 Å². The van der Waals surface area contributed by atoms with Crippen molar-refractivity contribution in [2.45, 2.75) is 38.9 Å². The summed E-state index contributed by atoms with van der Waals surface area (Å²) in [6.45, 7) is 10.2. The molecule has 1 rings (SSSR count). The first-order valence-electron chi connectivity index (χ1n) is 5.70. The molecule has 0 unspecified atom stereocenters. The van der Waals surface area contributed by atoms with Crippen LogP contribution in [0, 0.1) is 0 Å². The molecule has 0 amide bonds. The fraction of sp³-hybridized carbons (Fsp3) is 1.00. The van der Waals surface area contributed by atoms with Gasteiger partial charge >= 0.3 is 0 Å². The summed E-state index contributed by atoms with van der Waals surface area (Å²) in [5.41, 5.74) is 0. The maximum Gasteiger partial charge on any atom is 0.0383 e. The van der Waals surface area contributed by atoms with E-state index in [0.29, 0.717) is 18.1 Å². The lowest BCUT2D eigenvalue weighted by atomic mass is 10.1. The standard InChI is InChI=1S/C11H25N3/c1-6-12-10-7-14(9(2)3)8-11(10)13(4)5/h9-12H,6-8H2,1-5H3/t10-,11-/m0/s1. The average molecular weight is 199 g/mol. The Bertz CT molecular complexity index is 168. The van der Waals surface area contributed by atoms with E-state index in [-0.39, 0.29) is 0 Å². The second kappa shape index (κ2) is 5.10. The highest BCUT2D eigenvalue weighted by atomic mass is 15.3. The highest BCUT2D eigenvalue weighted by Gasteiger charge is 2.34. The molecule has 0 saturated carbocycles. The van der Waals surface area contributed by atoms with E-state index >= 15 is 0 Å². The zero-order valence-corrected chi connectivity index (χ0v) is 10.2. The van der Waals surface area contributed by atoms with Crippen LogP contribution in [0.4, 0.5) is 0 Å². The van der Waals surface area contributed by atoms with Crippen LogP contribution in [0.1, 0.15) is 20.8 Å². The SMILES string of the molecule is CCN[C@H]1CN(C(C)C)C[C@@H]1N(C)C. The summed E-state index contributed by atoms with van der Waals surface area (Å²) in [4.78, 5) is 4.90. The Hall–Kier alpha value is -0.120. The van der Waals surface area contributed by atoms with Crippen LogP contribution in [0.3, 0.4) is 0 Å². The Kier molecular flexibility index (Phi) is 4.35. The van der Waals surface area contributed by atoms with Gasteiger partial charge in [-0.25, -0.2) is 0 Å². The van der Waals surface area contributed by atoms with Crippen LogP contribution in [0.25, 0.3) is 0 Å². The predicted octanol–water partition coefficient (Wildman–Crippen LogP) is 0.619. The molecule has 1 heterocycles. The molecule has 1 fully saturated rings. The van der Waals surface area contributed by atoms with E-state index in [9.17, 15) is 0 Å². The molecule has 0 aromatic heterocycles. The van der Waals surface area contributed by atoms with Crippen LogP contribution < -0.4 is 5.32 Å². The van der Waals surface area contributed by atoms with Crippen LogP contribution >= 0.6 is 0 Å². The number of nitrogens with zero attached hydrogens (tertiary/aromatic N) is 2. The molecule has 3 heteroatoms. The molecule has 1 aliphatic heterocycles. The van der Waals surface area contributed by atoms with Gasteiger partial charge in [0.25, 0.3) is 0 Å². The van der Waals surface area contributed by atoms with Crippen LogP contribution in [0.2, 0.25) is 0 Å². The molecule has 1 aliphatic rings. The van der Waals surface area contributed by atoms with Crippen molar-refractivity contribution in [3.63, 3.8) is 0 Å². The summed E-state index contributed by atoms with van der Waals surface area (Å²) in [5, 5.41) is 3.58. The number of rotatable bonds is 4. The van der Waals surface area contributed by atoms with Crippen LogP contribution in [0.5, 0.6) is 0 Å². The molecular formula is C11H25N3. The lowest BCUT2D eigenvalue weighted by molar-refractivity contribution is 0.234. The Balaban J connectivity index is 2.55. The molecule has 0 radical (unpaired) electrons. The lowest BCUT2D eigenvalue weighted by Gasteiger charge is -2.25. The molecule has 3 nitrogen and oxygen atoms in total. The first-order valence-corrected chi connectivity index (χ1v) is 5.70. The Morgan fingerprint density at radius 1 is 1.36 bits per heavy atom. The van der Waals surface area contributed by atoms with Crippen LogP contribution in [-0.4, -0.2) is 61.7 Å². The van der Waals surface area contributed by atoms with Gasteiger partial charge in [0.15, 0.2) is 0 Å². The predicted molar refractivity (Wildman–Crippen MR) is 61.6 cm³/mol. The molecule has 84 valence electrons. The average Bonchev–Trinajstić information content (AvgIpc) is 2.49. The second-order valence-electron chi connectivity index (χ2n) is 4.74. The molecule has 0 aromatic carbocycles. The topological polar surface area (TPSA) is 18.5 Å². The molecular weight excluding hydrogens is 174 g/mol. The Morgan fingerprint density at radius 3 is 2.43 bits per heavy atom. The van der Waals surface area contributed by atoms with Crippen molar-refractivity contribution in [3.05, 3.63) is 0 Å². The third-order valence-electron chi connectivity index (χ3n) is 3.18. The zero-order chi connectivity index (χ0) is 10.7.